The Morgan fingerprint density at radius 2 is 1.79 bits per heavy atom. The molecule has 2 aromatic carbocycles. The van der Waals surface area contributed by atoms with Gasteiger partial charge in [-0.3, -0.25) is 0 Å². The first kappa shape index (κ1) is 11.9. The Hall–Kier alpha value is -2.13. The molecule has 0 radical (unpaired) electrons. The molecule has 0 saturated heterocycles. The SMILES string of the molecule is Cc1cccc2oc(C(C)(N)c3ccccc3)nc12. The summed E-state index contributed by atoms with van der Waals surface area (Å²) >= 11 is 0. The number of oxazole rings is 1. The molecule has 0 amide bonds. The Kier molecular flexibility index (Phi) is 2.64. The van der Waals surface area contributed by atoms with Gasteiger partial charge in [0.1, 0.15) is 11.1 Å². The molecule has 1 atom stereocenters. The standard InChI is InChI=1S/C16H16N2O/c1-11-7-6-10-13-14(11)18-15(19-13)16(2,17)12-8-4-3-5-9-12/h3-10H,17H2,1-2H3. The second kappa shape index (κ2) is 4.21. The number of fused-ring (bicyclic) bond motifs is 1. The van der Waals surface area contributed by atoms with Crippen LogP contribution in [0.4, 0.5) is 0 Å². The number of hydrogen-bond acceptors (Lipinski definition) is 3. The molecule has 3 nitrogen and oxygen atoms in total. The summed E-state index contributed by atoms with van der Waals surface area (Å²) in [5.41, 5.74) is 9.43. The van der Waals surface area contributed by atoms with E-state index in [-0.39, 0.29) is 0 Å². The number of aromatic nitrogens is 1. The van der Waals surface area contributed by atoms with Crippen LogP contribution in [-0.4, -0.2) is 4.98 Å². The second-order valence-corrected chi connectivity index (χ2v) is 5.01. The molecule has 1 unspecified atom stereocenters. The average molecular weight is 252 g/mol. The van der Waals surface area contributed by atoms with E-state index in [4.69, 9.17) is 10.2 Å². The third-order valence-electron chi connectivity index (χ3n) is 3.44. The summed E-state index contributed by atoms with van der Waals surface area (Å²) in [7, 11) is 0. The summed E-state index contributed by atoms with van der Waals surface area (Å²) in [6, 6.07) is 15.8. The Bertz CT molecular complexity index is 714. The maximum Gasteiger partial charge on any atom is 0.219 e. The van der Waals surface area contributed by atoms with Crippen molar-refractivity contribution in [2.45, 2.75) is 19.4 Å². The highest BCUT2D eigenvalue weighted by atomic mass is 16.4. The van der Waals surface area contributed by atoms with Gasteiger partial charge in [0.05, 0.1) is 0 Å². The van der Waals surface area contributed by atoms with Crippen molar-refractivity contribution in [1.29, 1.82) is 0 Å². The van der Waals surface area contributed by atoms with Gasteiger partial charge in [-0.05, 0) is 31.0 Å². The predicted octanol–water partition coefficient (Wildman–Crippen LogP) is 3.36. The van der Waals surface area contributed by atoms with Crippen LogP contribution < -0.4 is 5.73 Å². The summed E-state index contributed by atoms with van der Waals surface area (Å²) in [6.45, 7) is 3.94. The maximum absolute atomic E-state index is 6.42. The highest BCUT2D eigenvalue weighted by Crippen LogP contribution is 2.29. The van der Waals surface area contributed by atoms with Crippen LogP contribution in [0.1, 0.15) is 23.9 Å². The summed E-state index contributed by atoms with van der Waals surface area (Å²) in [5, 5.41) is 0. The van der Waals surface area contributed by atoms with Gasteiger partial charge in [-0.25, -0.2) is 4.98 Å². The predicted molar refractivity (Wildman–Crippen MR) is 75.8 cm³/mol. The largest absolute Gasteiger partial charge is 0.438 e. The molecular weight excluding hydrogens is 236 g/mol. The van der Waals surface area contributed by atoms with Crippen molar-refractivity contribution in [1.82, 2.24) is 4.98 Å². The maximum atomic E-state index is 6.42. The Morgan fingerprint density at radius 1 is 1.05 bits per heavy atom. The molecule has 0 aliphatic heterocycles. The van der Waals surface area contributed by atoms with Crippen molar-refractivity contribution in [3.05, 3.63) is 65.5 Å². The van der Waals surface area contributed by atoms with Crippen molar-refractivity contribution < 1.29 is 4.42 Å². The number of hydrogen-bond donors (Lipinski definition) is 1. The van der Waals surface area contributed by atoms with Gasteiger partial charge in [-0.1, -0.05) is 42.5 Å². The molecule has 3 aromatic rings. The highest BCUT2D eigenvalue weighted by molar-refractivity contribution is 5.76. The zero-order valence-electron chi connectivity index (χ0n) is 11.1. The van der Waals surface area contributed by atoms with Crippen molar-refractivity contribution in [2.24, 2.45) is 5.73 Å². The van der Waals surface area contributed by atoms with Crippen LogP contribution in [0.2, 0.25) is 0 Å². The number of rotatable bonds is 2. The zero-order valence-corrected chi connectivity index (χ0v) is 11.1. The summed E-state index contributed by atoms with van der Waals surface area (Å²) in [4.78, 5) is 4.57. The number of aryl methyl sites for hydroxylation is 1. The third kappa shape index (κ3) is 1.92. The molecule has 3 heteroatoms. The summed E-state index contributed by atoms with van der Waals surface area (Å²) < 4.78 is 5.83. The normalized spacial score (nSPS) is 14.5. The molecular formula is C16H16N2O. The van der Waals surface area contributed by atoms with E-state index in [1.165, 1.54) is 0 Å². The van der Waals surface area contributed by atoms with Crippen LogP contribution in [0.15, 0.2) is 52.9 Å². The minimum absolute atomic E-state index is 0.544. The summed E-state index contributed by atoms with van der Waals surface area (Å²) in [5.74, 6) is 0.544. The van der Waals surface area contributed by atoms with Crippen molar-refractivity contribution in [2.75, 3.05) is 0 Å². The smallest absolute Gasteiger partial charge is 0.219 e. The average Bonchev–Trinajstić information content (AvgIpc) is 2.86. The Morgan fingerprint density at radius 3 is 2.47 bits per heavy atom. The molecule has 0 aliphatic carbocycles. The fourth-order valence-electron chi connectivity index (χ4n) is 2.22. The fraction of sp³-hybridized carbons (Fsp3) is 0.188. The Labute approximate surface area is 112 Å². The highest BCUT2D eigenvalue weighted by Gasteiger charge is 2.29. The second-order valence-electron chi connectivity index (χ2n) is 5.01. The van der Waals surface area contributed by atoms with E-state index in [0.717, 1.165) is 22.2 Å². The van der Waals surface area contributed by atoms with Gasteiger partial charge in [0.2, 0.25) is 5.89 Å². The molecule has 2 N–H and O–H groups in total. The van der Waals surface area contributed by atoms with E-state index >= 15 is 0 Å². The van der Waals surface area contributed by atoms with Gasteiger partial charge < -0.3 is 10.2 Å². The Balaban J connectivity index is 2.16. The first-order valence-electron chi connectivity index (χ1n) is 6.30. The van der Waals surface area contributed by atoms with Crippen LogP contribution in [0.25, 0.3) is 11.1 Å². The first-order chi connectivity index (χ1) is 9.09. The fourth-order valence-corrected chi connectivity index (χ4v) is 2.22. The lowest BCUT2D eigenvalue weighted by atomic mass is 9.93. The van der Waals surface area contributed by atoms with E-state index in [2.05, 4.69) is 4.98 Å². The van der Waals surface area contributed by atoms with Gasteiger partial charge in [0.25, 0.3) is 0 Å². The van der Waals surface area contributed by atoms with Crippen LogP contribution in [0, 0.1) is 6.92 Å². The number of benzene rings is 2. The molecule has 3 rings (SSSR count). The summed E-state index contributed by atoms with van der Waals surface area (Å²) in [6.07, 6.45) is 0. The van der Waals surface area contributed by atoms with E-state index in [1.807, 2.05) is 62.4 Å². The van der Waals surface area contributed by atoms with Gasteiger partial charge in [-0.15, -0.1) is 0 Å². The topological polar surface area (TPSA) is 52.0 Å². The van der Waals surface area contributed by atoms with E-state index < -0.39 is 5.54 Å². The van der Waals surface area contributed by atoms with E-state index in [1.54, 1.807) is 0 Å². The number of para-hydroxylation sites is 1. The molecule has 96 valence electrons. The quantitative estimate of drug-likeness (QED) is 0.760. The minimum atomic E-state index is -0.729. The third-order valence-corrected chi connectivity index (χ3v) is 3.44. The molecule has 0 bridgehead atoms. The number of nitrogens with two attached hydrogens (primary N) is 1. The van der Waals surface area contributed by atoms with Crippen LogP contribution >= 0.6 is 0 Å². The van der Waals surface area contributed by atoms with Crippen molar-refractivity contribution in [3.8, 4) is 0 Å². The zero-order chi connectivity index (χ0) is 13.5. The lowest BCUT2D eigenvalue weighted by Gasteiger charge is -2.20. The number of nitrogens with zero attached hydrogens (tertiary/aromatic N) is 1. The molecule has 19 heavy (non-hydrogen) atoms. The van der Waals surface area contributed by atoms with Gasteiger partial charge in [0, 0.05) is 0 Å². The van der Waals surface area contributed by atoms with E-state index in [9.17, 15) is 0 Å². The monoisotopic (exact) mass is 252 g/mol. The van der Waals surface area contributed by atoms with Crippen LogP contribution in [0.5, 0.6) is 0 Å². The molecule has 0 aliphatic rings. The van der Waals surface area contributed by atoms with Gasteiger partial charge in [-0.2, -0.15) is 0 Å². The van der Waals surface area contributed by atoms with Crippen LogP contribution in [0.3, 0.4) is 0 Å². The van der Waals surface area contributed by atoms with Crippen molar-refractivity contribution in [3.63, 3.8) is 0 Å². The lowest BCUT2D eigenvalue weighted by Crippen LogP contribution is -2.34. The molecule has 0 fully saturated rings. The molecule has 1 aromatic heterocycles. The van der Waals surface area contributed by atoms with Crippen LogP contribution in [-0.2, 0) is 5.54 Å². The van der Waals surface area contributed by atoms with E-state index in [0.29, 0.717) is 5.89 Å². The van der Waals surface area contributed by atoms with Gasteiger partial charge in [0.15, 0.2) is 5.58 Å². The molecule has 1 heterocycles. The lowest BCUT2D eigenvalue weighted by molar-refractivity contribution is 0.418. The molecule has 0 saturated carbocycles. The van der Waals surface area contributed by atoms with Crippen molar-refractivity contribution >= 4 is 11.1 Å². The molecule has 0 spiro atoms. The minimum Gasteiger partial charge on any atom is -0.438 e. The van der Waals surface area contributed by atoms with Gasteiger partial charge >= 0.3 is 0 Å². The first-order valence-corrected chi connectivity index (χ1v) is 6.30.